The van der Waals surface area contributed by atoms with Gasteiger partial charge in [-0.1, -0.05) is 0 Å². The number of rotatable bonds is 2. The molecule has 0 aliphatic carbocycles. The number of nitrogen functional groups attached to an aromatic ring is 1. The van der Waals surface area contributed by atoms with Gasteiger partial charge < -0.3 is 10.6 Å². The van der Waals surface area contributed by atoms with Crippen molar-refractivity contribution in [2.45, 2.75) is 5.37 Å². The van der Waals surface area contributed by atoms with E-state index in [9.17, 15) is 8.42 Å². The van der Waals surface area contributed by atoms with Gasteiger partial charge >= 0.3 is 0 Å². The van der Waals surface area contributed by atoms with Crippen LogP contribution in [0.15, 0.2) is 10.7 Å². The molecule has 18 heavy (non-hydrogen) atoms. The fourth-order valence-electron chi connectivity index (χ4n) is 1.72. The average molecular weight is 353 g/mol. The first kappa shape index (κ1) is 13.9. The fourth-order valence-corrected chi connectivity index (χ4v) is 4.92. The van der Waals surface area contributed by atoms with E-state index >= 15 is 0 Å². The number of nitrogens with two attached hydrogens (primary N) is 1. The van der Waals surface area contributed by atoms with Crippen molar-refractivity contribution < 1.29 is 8.42 Å². The Morgan fingerprint density at radius 2 is 2.28 bits per heavy atom. The molecule has 1 aliphatic heterocycles. The lowest BCUT2D eigenvalue weighted by molar-refractivity contribution is 0.582. The second kappa shape index (κ2) is 5.22. The van der Waals surface area contributed by atoms with Gasteiger partial charge in [0.15, 0.2) is 9.84 Å². The van der Waals surface area contributed by atoms with E-state index in [1.165, 1.54) is 6.26 Å². The zero-order chi connectivity index (χ0) is 13.3. The quantitative estimate of drug-likeness (QED) is 0.785. The van der Waals surface area contributed by atoms with E-state index in [0.29, 0.717) is 28.7 Å². The molecule has 100 valence electrons. The normalized spacial score (nSPS) is 21.0. The average Bonchev–Trinajstić information content (AvgIpc) is 2.26. The van der Waals surface area contributed by atoms with E-state index in [1.54, 1.807) is 22.7 Å². The first-order chi connectivity index (χ1) is 8.38. The summed E-state index contributed by atoms with van der Waals surface area (Å²) in [4.78, 5) is 10.0. The largest absolute Gasteiger partial charge is 0.383 e. The smallest absolute Gasteiger partial charge is 0.229 e. The Hall–Kier alpha value is -0.540. The summed E-state index contributed by atoms with van der Waals surface area (Å²) in [6.45, 7) is 0.596. The summed E-state index contributed by atoms with van der Waals surface area (Å²) in [5.41, 5.74) is 5.66. The summed E-state index contributed by atoms with van der Waals surface area (Å²) in [6, 6.07) is 1.58. The van der Waals surface area contributed by atoms with E-state index in [2.05, 4.69) is 25.9 Å². The van der Waals surface area contributed by atoms with Crippen LogP contribution in [-0.4, -0.2) is 48.1 Å². The Labute approximate surface area is 118 Å². The predicted octanol–water partition coefficient (Wildman–Crippen LogP) is 0.745. The molecule has 2 rings (SSSR count). The summed E-state index contributed by atoms with van der Waals surface area (Å²) in [6.07, 6.45) is 1.23. The standard InChI is InChI=1S/C9H13BrN4O2S2/c1-18(15,16)8-5-17-3-2-14(8)9-12-6(10)4-7(11)13-9/h4,8H,2-3,5H2,1H3,(H2,11,12,13). The third kappa shape index (κ3) is 3.07. The second-order valence-corrected chi connectivity index (χ2v) is 8.13. The maximum atomic E-state index is 11.8. The molecule has 1 unspecified atom stereocenters. The number of anilines is 2. The van der Waals surface area contributed by atoms with E-state index < -0.39 is 15.2 Å². The third-order valence-corrected chi connectivity index (χ3v) is 5.59. The number of sulfone groups is 1. The van der Waals surface area contributed by atoms with Crippen molar-refractivity contribution in [1.29, 1.82) is 0 Å². The van der Waals surface area contributed by atoms with Gasteiger partial charge in [-0.3, -0.25) is 0 Å². The van der Waals surface area contributed by atoms with Gasteiger partial charge in [0.1, 0.15) is 15.8 Å². The number of hydrogen-bond donors (Lipinski definition) is 1. The Bertz CT molecular complexity index is 531. The van der Waals surface area contributed by atoms with Crippen LogP contribution >= 0.6 is 27.7 Å². The number of nitrogens with zero attached hydrogens (tertiary/aromatic N) is 3. The Morgan fingerprint density at radius 3 is 2.89 bits per heavy atom. The summed E-state index contributed by atoms with van der Waals surface area (Å²) in [7, 11) is -3.18. The summed E-state index contributed by atoms with van der Waals surface area (Å²) < 4.78 is 24.1. The van der Waals surface area contributed by atoms with Crippen LogP contribution in [0.5, 0.6) is 0 Å². The minimum Gasteiger partial charge on any atom is -0.383 e. The molecular formula is C9H13BrN4O2S2. The molecule has 0 spiro atoms. The van der Waals surface area contributed by atoms with Gasteiger partial charge in [0.2, 0.25) is 5.95 Å². The van der Waals surface area contributed by atoms with Gasteiger partial charge in [0.05, 0.1) is 0 Å². The molecule has 1 atom stereocenters. The van der Waals surface area contributed by atoms with Crippen molar-refractivity contribution in [3.8, 4) is 0 Å². The van der Waals surface area contributed by atoms with Crippen molar-refractivity contribution in [1.82, 2.24) is 9.97 Å². The second-order valence-electron chi connectivity index (χ2n) is 3.97. The van der Waals surface area contributed by atoms with Crippen LogP contribution in [-0.2, 0) is 9.84 Å². The molecule has 0 radical (unpaired) electrons. The highest BCUT2D eigenvalue weighted by Gasteiger charge is 2.32. The van der Waals surface area contributed by atoms with Crippen LogP contribution in [0, 0.1) is 0 Å². The van der Waals surface area contributed by atoms with Crippen LogP contribution in [0.25, 0.3) is 0 Å². The van der Waals surface area contributed by atoms with Crippen LogP contribution in [0.4, 0.5) is 11.8 Å². The van der Waals surface area contributed by atoms with Crippen molar-refractivity contribution >= 4 is 49.3 Å². The van der Waals surface area contributed by atoms with Gasteiger partial charge in [-0.2, -0.15) is 16.7 Å². The van der Waals surface area contributed by atoms with Gasteiger partial charge in [-0.15, -0.1) is 0 Å². The summed E-state index contributed by atoms with van der Waals surface area (Å²) in [5.74, 6) is 2.05. The maximum absolute atomic E-state index is 11.8. The van der Waals surface area contributed by atoms with Crippen molar-refractivity contribution in [3.63, 3.8) is 0 Å². The zero-order valence-corrected chi connectivity index (χ0v) is 12.9. The lowest BCUT2D eigenvalue weighted by Gasteiger charge is -2.34. The van der Waals surface area contributed by atoms with Gasteiger partial charge in [-0.05, 0) is 15.9 Å². The molecule has 0 aromatic carbocycles. The first-order valence-electron chi connectivity index (χ1n) is 5.21. The molecule has 1 aromatic heterocycles. The Kier molecular flexibility index (Phi) is 4.02. The molecule has 1 aliphatic rings. The van der Waals surface area contributed by atoms with Crippen LogP contribution in [0.3, 0.4) is 0 Å². The molecule has 0 bridgehead atoms. The lowest BCUT2D eigenvalue weighted by Crippen LogP contribution is -2.47. The molecular weight excluding hydrogens is 340 g/mol. The topological polar surface area (TPSA) is 89.2 Å². The van der Waals surface area contributed by atoms with Crippen LogP contribution < -0.4 is 10.6 Å². The van der Waals surface area contributed by atoms with Gasteiger partial charge in [0.25, 0.3) is 0 Å². The predicted molar refractivity (Wildman–Crippen MR) is 77.4 cm³/mol. The zero-order valence-electron chi connectivity index (χ0n) is 9.71. The lowest BCUT2D eigenvalue weighted by atomic mass is 10.5. The van der Waals surface area contributed by atoms with E-state index in [1.807, 2.05) is 0 Å². The molecule has 6 nitrogen and oxygen atoms in total. The molecule has 1 saturated heterocycles. The molecule has 2 heterocycles. The number of halogens is 1. The maximum Gasteiger partial charge on any atom is 0.229 e. The molecule has 0 amide bonds. The van der Waals surface area contributed by atoms with Crippen molar-refractivity contribution in [2.75, 3.05) is 34.9 Å². The molecule has 0 saturated carbocycles. The van der Waals surface area contributed by atoms with Crippen LogP contribution in [0.1, 0.15) is 0 Å². The number of thioether (sulfide) groups is 1. The Balaban J connectivity index is 2.40. The van der Waals surface area contributed by atoms with Gasteiger partial charge in [-0.25, -0.2) is 13.4 Å². The third-order valence-electron chi connectivity index (χ3n) is 2.54. The van der Waals surface area contributed by atoms with E-state index in [4.69, 9.17) is 5.73 Å². The number of hydrogen-bond acceptors (Lipinski definition) is 7. The van der Waals surface area contributed by atoms with Crippen molar-refractivity contribution in [3.05, 3.63) is 10.7 Å². The monoisotopic (exact) mass is 352 g/mol. The molecule has 1 aromatic rings. The van der Waals surface area contributed by atoms with E-state index in [0.717, 1.165) is 5.75 Å². The molecule has 1 fully saturated rings. The highest BCUT2D eigenvalue weighted by molar-refractivity contribution is 9.10. The summed E-state index contributed by atoms with van der Waals surface area (Å²) in [5, 5.41) is -0.593. The number of aromatic nitrogens is 2. The first-order valence-corrected chi connectivity index (χ1v) is 9.11. The highest BCUT2D eigenvalue weighted by atomic mass is 79.9. The van der Waals surface area contributed by atoms with Crippen molar-refractivity contribution in [2.24, 2.45) is 0 Å². The SMILES string of the molecule is CS(=O)(=O)C1CSCCN1c1nc(N)cc(Br)n1. The van der Waals surface area contributed by atoms with Gasteiger partial charge in [0, 0.05) is 30.4 Å². The molecule has 2 N–H and O–H groups in total. The highest BCUT2D eigenvalue weighted by Crippen LogP contribution is 2.25. The van der Waals surface area contributed by atoms with E-state index in [-0.39, 0.29) is 0 Å². The van der Waals surface area contributed by atoms with Crippen LogP contribution in [0.2, 0.25) is 0 Å². The minimum atomic E-state index is -3.18. The molecule has 9 heteroatoms. The minimum absolute atomic E-state index is 0.317. The Morgan fingerprint density at radius 1 is 1.56 bits per heavy atom. The fraction of sp³-hybridized carbons (Fsp3) is 0.556. The summed E-state index contributed by atoms with van der Waals surface area (Å²) >= 11 is 4.85.